The van der Waals surface area contributed by atoms with E-state index in [0.29, 0.717) is 29.4 Å². The molecule has 5 nitrogen and oxygen atoms in total. The Balaban J connectivity index is 1.74. The molecule has 0 spiro atoms. The number of phenolic OH excluding ortho intramolecular Hbond substituents is 1. The molecule has 0 saturated carbocycles. The zero-order valence-electron chi connectivity index (χ0n) is 17.3. The van der Waals surface area contributed by atoms with Gasteiger partial charge >= 0.3 is 0 Å². The highest BCUT2D eigenvalue weighted by atomic mass is 16.3. The normalized spacial score (nSPS) is 19.4. The van der Waals surface area contributed by atoms with Crippen molar-refractivity contribution < 1.29 is 19.2 Å². The Morgan fingerprint density at radius 2 is 2.03 bits per heavy atom. The summed E-state index contributed by atoms with van der Waals surface area (Å²) in [7, 11) is 0. The van der Waals surface area contributed by atoms with Crippen LogP contribution in [0.2, 0.25) is 0 Å². The van der Waals surface area contributed by atoms with Gasteiger partial charge in [0.2, 0.25) is 0 Å². The SMILES string of the molecule is Cc1ccccc1NC(=O)c1c(C)oc2ccc(O)c(C[NH+]3CCC[C@H](C)C3)c12. The van der Waals surface area contributed by atoms with Gasteiger partial charge in [0.05, 0.1) is 24.2 Å². The summed E-state index contributed by atoms with van der Waals surface area (Å²) in [5.41, 5.74) is 3.75. The second kappa shape index (κ2) is 7.91. The summed E-state index contributed by atoms with van der Waals surface area (Å²) in [5.74, 6) is 1.27. The Hall–Kier alpha value is -2.79. The van der Waals surface area contributed by atoms with Crippen LogP contribution < -0.4 is 10.2 Å². The van der Waals surface area contributed by atoms with Crippen molar-refractivity contribution in [2.24, 2.45) is 5.92 Å². The highest BCUT2D eigenvalue weighted by Gasteiger charge is 2.27. The number of quaternary nitrogens is 1. The molecule has 1 aliphatic heterocycles. The van der Waals surface area contributed by atoms with E-state index in [1.54, 1.807) is 12.1 Å². The molecule has 1 aromatic heterocycles. The predicted octanol–water partition coefficient (Wildman–Crippen LogP) is 3.82. The van der Waals surface area contributed by atoms with Crippen LogP contribution in [0.25, 0.3) is 11.0 Å². The van der Waals surface area contributed by atoms with Gasteiger partial charge in [0.15, 0.2) is 0 Å². The first-order valence-corrected chi connectivity index (χ1v) is 10.4. The van der Waals surface area contributed by atoms with Gasteiger partial charge in [0.1, 0.15) is 23.6 Å². The van der Waals surface area contributed by atoms with Gasteiger partial charge in [-0.15, -0.1) is 0 Å². The lowest BCUT2D eigenvalue weighted by atomic mass is 9.98. The maximum absolute atomic E-state index is 13.2. The van der Waals surface area contributed by atoms with Crippen molar-refractivity contribution in [1.29, 1.82) is 0 Å². The maximum Gasteiger partial charge on any atom is 0.259 e. The predicted molar refractivity (Wildman–Crippen MR) is 115 cm³/mol. The highest BCUT2D eigenvalue weighted by molar-refractivity contribution is 6.14. The third-order valence-electron chi connectivity index (χ3n) is 6.03. The average Bonchev–Trinajstić information content (AvgIpc) is 3.02. The fourth-order valence-corrected chi connectivity index (χ4v) is 4.52. The third kappa shape index (κ3) is 3.87. The molecule has 0 aliphatic carbocycles. The summed E-state index contributed by atoms with van der Waals surface area (Å²) in [4.78, 5) is 14.7. The van der Waals surface area contributed by atoms with Crippen LogP contribution in [0.1, 0.15) is 47.0 Å². The van der Waals surface area contributed by atoms with E-state index in [4.69, 9.17) is 4.42 Å². The first kappa shape index (κ1) is 19.5. The van der Waals surface area contributed by atoms with Crippen molar-refractivity contribution in [3.05, 3.63) is 58.8 Å². The first-order valence-electron chi connectivity index (χ1n) is 10.4. The molecule has 0 bridgehead atoms. The van der Waals surface area contributed by atoms with Crippen molar-refractivity contribution >= 4 is 22.6 Å². The van der Waals surface area contributed by atoms with Crippen LogP contribution in [-0.2, 0) is 6.54 Å². The van der Waals surface area contributed by atoms with Crippen molar-refractivity contribution in [3.8, 4) is 5.75 Å². The quantitative estimate of drug-likeness (QED) is 0.631. The van der Waals surface area contributed by atoms with Gasteiger partial charge in [-0.05, 0) is 50.5 Å². The number of hydrogen-bond donors (Lipinski definition) is 3. The number of fused-ring (bicyclic) bond motifs is 1. The Labute approximate surface area is 171 Å². The number of furan rings is 1. The van der Waals surface area contributed by atoms with Gasteiger partial charge in [-0.25, -0.2) is 0 Å². The van der Waals surface area contributed by atoms with Crippen LogP contribution in [-0.4, -0.2) is 24.1 Å². The molecule has 5 heteroatoms. The number of aryl methyl sites for hydroxylation is 2. The second-order valence-electron chi connectivity index (χ2n) is 8.37. The number of carbonyl (C=O) groups is 1. The average molecular weight is 394 g/mol. The number of piperidine rings is 1. The number of anilines is 1. The molecule has 1 unspecified atom stereocenters. The van der Waals surface area contributed by atoms with E-state index in [0.717, 1.165) is 35.3 Å². The summed E-state index contributed by atoms with van der Waals surface area (Å²) in [6.45, 7) is 8.91. The van der Waals surface area contributed by atoms with E-state index in [1.165, 1.54) is 17.7 Å². The van der Waals surface area contributed by atoms with Crippen LogP contribution >= 0.6 is 0 Å². The van der Waals surface area contributed by atoms with E-state index < -0.39 is 0 Å². The summed E-state index contributed by atoms with van der Waals surface area (Å²) >= 11 is 0. The summed E-state index contributed by atoms with van der Waals surface area (Å²) in [6, 6.07) is 11.1. The number of nitrogens with one attached hydrogen (secondary N) is 2. The standard InChI is InChI=1S/C24H28N2O3/c1-15-7-6-12-26(13-15)14-18-20(27)10-11-21-23(18)22(17(3)29-21)24(28)25-19-9-5-4-8-16(19)2/h4-5,8-11,15,27H,6-7,12-14H2,1-3H3,(H,25,28)/p+1/t15-/m0/s1. The third-order valence-corrected chi connectivity index (χ3v) is 6.03. The van der Waals surface area contributed by atoms with Crippen LogP contribution in [0.5, 0.6) is 5.75 Å². The fraction of sp³-hybridized carbons (Fsp3) is 0.375. The highest BCUT2D eigenvalue weighted by Crippen LogP contribution is 2.34. The minimum absolute atomic E-state index is 0.204. The Morgan fingerprint density at radius 1 is 1.24 bits per heavy atom. The molecule has 0 radical (unpaired) electrons. The van der Waals surface area contributed by atoms with E-state index in [2.05, 4.69) is 12.2 Å². The van der Waals surface area contributed by atoms with Gasteiger partial charge in [0.25, 0.3) is 5.91 Å². The molecule has 1 aliphatic rings. The molecule has 152 valence electrons. The number of carbonyl (C=O) groups excluding carboxylic acids is 1. The lowest BCUT2D eigenvalue weighted by molar-refractivity contribution is -0.922. The topological polar surface area (TPSA) is 66.9 Å². The van der Waals surface area contributed by atoms with Gasteiger partial charge in [0, 0.05) is 17.0 Å². The number of amides is 1. The number of para-hydroxylation sites is 1. The number of hydrogen-bond acceptors (Lipinski definition) is 3. The van der Waals surface area contributed by atoms with Crippen LogP contribution in [0, 0.1) is 19.8 Å². The molecule has 4 rings (SSSR count). The fourth-order valence-electron chi connectivity index (χ4n) is 4.52. The maximum atomic E-state index is 13.2. The number of rotatable bonds is 4. The van der Waals surface area contributed by atoms with Crippen LogP contribution in [0.3, 0.4) is 0 Å². The van der Waals surface area contributed by atoms with Crippen molar-refractivity contribution in [2.75, 3.05) is 18.4 Å². The molecule has 1 amide bonds. The monoisotopic (exact) mass is 393 g/mol. The van der Waals surface area contributed by atoms with Crippen LogP contribution in [0.15, 0.2) is 40.8 Å². The molecule has 3 aromatic rings. The summed E-state index contributed by atoms with van der Waals surface area (Å²) < 4.78 is 5.91. The first-order chi connectivity index (χ1) is 13.9. The van der Waals surface area contributed by atoms with E-state index >= 15 is 0 Å². The zero-order valence-corrected chi connectivity index (χ0v) is 17.3. The Morgan fingerprint density at radius 3 is 2.79 bits per heavy atom. The summed E-state index contributed by atoms with van der Waals surface area (Å²) in [6.07, 6.45) is 2.45. The van der Waals surface area contributed by atoms with Gasteiger partial charge < -0.3 is 19.7 Å². The minimum atomic E-state index is -0.204. The van der Waals surface area contributed by atoms with E-state index in [1.807, 2.05) is 38.1 Å². The largest absolute Gasteiger partial charge is 0.507 e. The van der Waals surface area contributed by atoms with E-state index in [-0.39, 0.29) is 11.7 Å². The van der Waals surface area contributed by atoms with Gasteiger partial charge in [-0.1, -0.05) is 25.1 Å². The molecule has 2 aromatic carbocycles. The molecule has 2 atom stereocenters. The van der Waals surface area contributed by atoms with Crippen molar-refractivity contribution in [1.82, 2.24) is 0 Å². The molecular weight excluding hydrogens is 364 g/mol. The van der Waals surface area contributed by atoms with Crippen LogP contribution in [0.4, 0.5) is 5.69 Å². The smallest absolute Gasteiger partial charge is 0.259 e. The number of benzene rings is 2. The molecule has 1 saturated heterocycles. The van der Waals surface area contributed by atoms with Crippen molar-refractivity contribution in [3.63, 3.8) is 0 Å². The number of aromatic hydroxyl groups is 1. The van der Waals surface area contributed by atoms with Gasteiger partial charge in [-0.2, -0.15) is 0 Å². The minimum Gasteiger partial charge on any atom is -0.507 e. The van der Waals surface area contributed by atoms with E-state index in [9.17, 15) is 9.90 Å². The molecule has 2 heterocycles. The Kier molecular flexibility index (Phi) is 5.33. The Bertz CT molecular complexity index is 1050. The lowest BCUT2D eigenvalue weighted by Gasteiger charge is -2.28. The molecule has 1 fully saturated rings. The zero-order chi connectivity index (χ0) is 20.5. The number of phenols is 1. The number of likely N-dealkylation sites (tertiary alicyclic amines) is 1. The van der Waals surface area contributed by atoms with Gasteiger partial charge in [-0.3, -0.25) is 4.79 Å². The van der Waals surface area contributed by atoms with Crippen molar-refractivity contribution in [2.45, 2.75) is 40.2 Å². The lowest BCUT2D eigenvalue weighted by Crippen LogP contribution is -3.12. The summed E-state index contributed by atoms with van der Waals surface area (Å²) in [5, 5.41) is 14.4. The molecule has 3 N–H and O–H groups in total. The molecular formula is C24H29N2O3+. The molecule has 29 heavy (non-hydrogen) atoms. The second-order valence-corrected chi connectivity index (χ2v) is 8.37.